The van der Waals surface area contributed by atoms with Crippen LogP contribution in [0.25, 0.3) is 6.08 Å². The molecule has 2 aromatic rings. The molecule has 0 amide bonds. The molecule has 1 aromatic heterocycles. The standard InChI is InChI=1S/C16H16ClNO2S/c1-11(14-7-4-10-21-14)18(2)16-12(8-9-15(19)20)5-3-6-13(16)17/h3-11H,1-2H3,(H,19,20)/b9-8+. The van der Waals surface area contributed by atoms with Crippen LogP contribution in [0.2, 0.25) is 5.02 Å². The van der Waals surface area contributed by atoms with Gasteiger partial charge < -0.3 is 10.0 Å². The van der Waals surface area contributed by atoms with E-state index in [-0.39, 0.29) is 6.04 Å². The van der Waals surface area contributed by atoms with Gasteiger partial charge in [0.15, 0.2) is 0 Å². The van der Waals surface area contributed by atoms with Gasteiger partial charge in [0.25, 0.3) is 0 Å². The number of rotatable bonds is 5. The molecule has 0 fully saturated rings. The fourth-order valence-corrected chi connectivity index (χ4v) is 3.25. The van der Waals surface area contributed by atoms with Crippen LogP contribution in [0.1, 0.15) is 23.4 Å². The molecule has 0 radical (unpaired) electrons. The van der Waals surface area contributed by atoms with Gasteiger partial charge in [-0.15, -0.1) is 11.3 Å². The summed E-state index contributed by atoms with van der Waals surface area (Å²) in [5.41, 5.74) is 1.62. The zero-order valence-corrected chi connectivity index (χ0v) is 13.4. The normalized spacial score (nSPS) is 12.5. The molecular formula is C16H16ClNO2S. The Balaban J connectivity index is 2.40. The van der Waals surface area contributed by atoms with Gasteiger partial charge in [-0.1, -0.05) is 29.8 Å². The van der Waals surface area contributed by atoms with E-state index in [4.69, 9.17) is 16.7 Å². The van der Waals surface area contributed by atoms with Gasteiger partial charge >= 0.3 is 5.97 Å². The Morgan fingerprint density at radius 1 is 1.38 bits per heavy atom. The second-order valence-corrected chi connectivity index (χ2v) is 6.04. The van der Waals surface area contributed by atoms with Crippen LogP contribution in [-0.4, -0.2) is 18.1 Å². The second kappa shape index (κ2) is 6.78. The molecule has 1 unspecified atom stereocenters. The lowest BCUT2D eigenvalue weighted by atomic mass is 10.1. The van der Waals surface area contributed by atoms with E-state index in [0.29, 0.717) is 5.02 Å². The van der Waals surface area contributed by atoms with Crippen LogP contribution in [0, 0.1) is 0 Å². The summed E-state index contributed by atoms with van der Waals surface area (Å²) in [6.07, 6.45) is 2.69. The maximum atomic E-state index is 10.7. The number of carboxylic acid groups (broad SMARTS) is 1. The van der Waals surface area contributed by atoms with Crippen LogP contribution in [0.4, 0.5) is 5.69 Å². The molecule has 110 valence electrons. The van der Waals surface area contributed by atoms with Gasteiger partial charge in [-0.2, -0.15) is 0 Å². The van der Waals surface area contributed by atoms with Crippen molar-refractivity contribution >= 4 is 40.7 Å². The number of hydrogen-bond acceptors (Lipinski definition) is 3. The first-order chi connectivity index (χ1) is 10.0. The smallest absolute Gasteiger partial charge is 0.328 e. The lowest BCUT2D eigenvalue weighted by molar-refractivity contribution is -0.131. The molecule has 1 aromatic carbocycles. The number of thiophene rings is 1. The molecule has 21 heavy (non-hydrogen) atoms. The van der Waals surface area contributed by atoms with E-state index in [0.717, 1.165) is 17.3 Å². The Kier molecular flexibility index (Phi) is 5.04. The molecule has 0 saturated carbocycles. The van der Waals surface area contributed by atoms with Crippen molar-refractivity contribution in [1.29, 1.82) is 0 Å². The van der Waals surface area contributed by atoms with E-state index in [1.54, 1.807) is 17.4 Å². The monoisotopic (exact) mass is 321 g/mol. The summed E-state index contributed by atoms with van der Waals surface area (Å²) < 4.78 is 0. The SMILES string of the molecule is CC(c1cccs1)N(C)c1c(Cl)cccc1/C=C/C(=O)O. The van der Waals surface area contributed by atoms with Crippen molar-refractivity contribution in [2.24, 2.45) is 0 Å². The summed E-state index contributed by atoms with van der Waals surface area (Å²) in [5.74, 6) is -0.977. The van der Waals surface area contributed by atoms with Gasteiger partial charge in [0.05, 0.1) is 16.8 Å². The van der Waals surface area contributed by atoms with Gasteiger partial charge in [-0.05, 0) is 36.1 Å². The molecule has 1 N–H and O–H groups in total. The lowest BCUT2D eigenvalue weighted by Crippen LogP contribution is -2.22. The van der Waals surface area contributed by atoms with Crippen LogP contribution in [0.3, 0.4) is 0 Å². The Hall–Kier alpha value is -1.78. The first-order valence-electron chi connectivity index (χ1n) is 6.46. The van der Waals surface area contributed by atoms with Crippen LogP contribution >= 0.6 is 22.9 Å². The number of carbonyl (C=O) groups is 1. The fraction of sp³-hybridized carbons (Fsp3) is 0.188. The van der Waals surface area contributed by atoms with Crippen molar-refractivity contribution in [2.45, 2.75) is 13.0 Å². The van der Waals surface area contributed by atoms with Gasteiger partial charge in [-0.25, -0.2) is 4.79 Å². The van der Waals surface area contributed by atoms with Crippen LogP contribution in [0.5, 0.6) is 0 Å². The van der Waals surface area contributed by atoms with Crippen LogP contribution < -0.4 is 4.90 Å². The highest BCUT2D eigenvalue weighted by atomic mass is 35.5. The maximum absolute atomic E-state index is 10.7. The van der Waals surface area contributed by atoms with Crippen LogP contribution in [-0.2, 0) is 4.79 Å². The molecule has 0 bridgehead atoms. The number of aliphatic carboxylic acids is 1. The molecule has 0 saturated heterocycles. The van der Waals surface area contributed by atoms with Gasteiger partial charge in [0, 0.05) is 18.0 Å². The molecule has 0 spiro atoms. The largest absolute Gasteiger partial charge is 0.478 e. The Labute approximate surface area is 133 Å². The number of anilines is 1. The van der Waals surface area contributed by atoms with E-state index < -0.39 is 5.97 Å². The van der Waals surface area contributed by atoms with Crippen molar-refractivity contribution in [3.05, 3.63) is 57.3 Å². The third kappa shape index (κ3) is 3.65. The van der Waals surface area contributed by atoms with Crippen molar-refractivity contribution in [3.63, 3.8) is 0 Å². The van der Waals surface area contributed by atoms with E-state index >= 15 is 0 Å². The Morgan fingerprint density at radius 3 is 2.76 bits per heavy atom. The molecule has 3 nitrogen and oxygen atoms in total. The quantitative estimate of drug-likeness (QED) is 0.812. The molecule has 1 heterocycles. The number of hydrogen-bond donors (Lipinski definition) is 1. The summed E-state index contributed by atoms with van der Waals surface area (Å²) in [6.45, 7) is 2.10. The topological polar surface area (TPSA) is 40.5 Å². The molecular weight excluding hydrogens is 306 g/mol. The zero-order valence-electron chi connectivity index (χ0n) is 11.8. The minimum absolute atomic E-state index is 0.155. The Morgan fingerprint density at radius 2 is 2.14 bits per heavy atom. The minimum atomic E-state index is -0.977. The minimum Gasteiger partial charge on any atom is -0.478 e. The predicted molar refractivity (Wildman–Crippen MR) is 89.3 cm³/mol. The van der Waals surface area contributed by atoms with Crippen molar-refractivity contribution in [1.82, 2.24) is 0 Å². The molecule has 1 atom stereocenters. The zero-order chi connectivity index (χ0) is 15.4. The van der Waals surface area contributed by atoms with Gasteiger partial charge in [0.1, 0.15) is 0 Å². The summed E-state index contributed by atoms with van der Waals surface area (Å²) in [4.78, 5) is 14.0. The molecule has 5 heteroatoms. The number of carboxylic acids is 1. The maximum Gasteiger partial charge on any atom is 0.328 e. The van der Waals surface area contributed by atoms with Crippen molar-refractivity contribution in [3.8, 4) is 0 Å². The number of para-hydroxylation sites is 1. The average molecular weight is 322 g/mol. The number of halogens is 1. The molecule has 2 rings (SSSR count). The third-order valence-corrected chi connectivity index (χ3v) is 4.66. The highest BCUT2D eigenvalue weighted by molar-refractivity contribution is 7.10. The highest BCUT2D eigenvalue weighted by Gasteiger charge is 2.18. The van der Waals surface area contributed by atoms with E-state index in [1.807, 2.05) is 36.7 Å². The second-order valence-electron chi connectivity index (χ2n) is 4.65. The Bertz CT molecular complexity index is 652. The summed E-state index contributed by atoms with van der Waals surface area (Å²) in [6, 6.07) is 9.74. The summed E-state index contributed by atoms with van der Waals surface area (Å²) in [5, 5.41) is 11.4. The highest BCUT2D eigenvalue weighted by Crippen LogP contribution is 2.36. The number of nitrogens with zero attached hydrogens (tertiary/aromatic N) is 1. The lowest BCUT2D eigenvalue weighted by Gasteiger charge is -2.28. The van der Waals surface area contributed by atoms with E-state index in [9.17, 15) is 4.79 Å². The molecule has 0 aliphatic carbocycles. The number of benzene rings is 1. The average Bonchev–Trinajstić information content (AvgIpc) is 2.97. The first-order valence-corrected chi connectivity index (χ1v) is 7.72. The van der Waals surface area contributed by atoms with Crippen molar-refractivity contribution < 1.29 is 9.90 Å². The van der Waals surface area contributed by atoms with Gasteiger partial charge in [0.2, 0.25) is 0 Å². The summed E-state index contributed by atoms with van der Waals surface area (Å²) in [7, 11) is 1.96. The fourth-order valence-electron chi connectivity index (χ4n) is 2.11. The van der Waals surface area contributed by atoms with Crippen molar-refractivity contribution in [2.75, 3.05) is 11.9 Å². The van der Waals surface area contributed by atoms with E-state index in [2.05, 4.69) is 17.9 Å². The van der Waals surface area contributed by atoms with Crippen LogP contribution in [0.15, 0.2) is 41.8 Å². The van der Waals surface area contributed by atoms with E-state index in [1.165, 1.54) is 4.88 Å². The molecule has 0 aliphatic rings. The first kappa shape index (κ1) is 15.6. The predicted octanol–water partition coefficient (Wildman–Crippen LogP) is 4.70. The third-order valence-electron chi connectivity index (χ3n) is 3.31. The summed E-state index contributed by atoms with van der Waals surface area (Å²) >= 11 is 8.01. The van der Waals surface area contributed by atoms with Gasteiger partial charge in [-0.3, -0.25) is 0 Å². The molecule has 0 aliphatic heterocycles.